The third-order valence-corrected chi connectivity index (χ3v) is 9.89. The van der Waals surface area contributed by atoms with Crippen molar-refractivity contribution in [1.29, 1.82) is 0 Å². The maximum absolute atomic E-state index is 14.1. The lowest BCUT2D eigenvalue weighted by Crippen LogP contribution is -2.68. The number of benzene rings is 1. The minimum Gasteiger partial charge on any atom is -0.484 e. The largest absolute Gasteiger partial charge is 0.484 e. The lowest BCUT2D eigenvalue weighted by molar-refractivity contribution is -0.153. The number of alkyl halides is 3. The molecule has 42 heavy (non-hydrogen) atoms. The molecule has 9 nitrogen and oxygen atoms in total. The Morgan fingerprint density at radius 1 is 1.12 bits per heavy atom. The quantitative estimate of drug-likeness (QED) is 0.418. The van der Waals surface area contributed by atoms with Gasteiger partial charge in [-0.15, -0.1) is 0 Å². The predicted molar refractivity (Wildman–Crippen MR) is 148 cm³/mol. The number of sulfone groups is 1. The zero-order chi connectivity index (χ0) is 31.3. The van der Waals surface area contributed by atoms with Crippen molar-refractivity contribution in [1.82, 2.24) is 14.8 Å². The van der Waals surface area contributed by atoms with Crippen molar-refractivity contribution in [2.75, 3.05) is 26.2 Å². The van der Waals surface area contributed by atoms with Gasteiger partial charge in [0, 0.05) is 37.9 Å². The summed E-state index contributed by atoms with van der Waals surface area (Å²) in [7, 11) is -4.10. The second kappa shape index (κ2) is 11.4. The number of rotatable bonds is 6. The highest BCUT2D eigenvalue weighted by Crippen LogP contribution is 2.40. The van der Waals surface area contributed by atoms with Gasteiger partial charge < -0.3 is 19.3 Å². The molecule has 0 aliphatic carbocycles. The first-order chi connectivity index (χ1) is 19.3. The second-order valence-electron chi connectivity index (χ2n) is 11.5. The first kappa shape index (κ1) is 32.2. The number of aromatic nitrogens is 1. The number of amides is 2. The Morgan fingerprint density at radius 2 is 1.79 bits per heavy atom. The van der Waals surface area contributed by atoms with E-state index in [-0.39, 0.29) is 41.7 Å². The van der Waals surface area contributed by atoms with Crippen LogP contribution in [0.2, 0.25) is 10.0 Å². The fraction of sp³-hybridized carbons (Fsp3) is 0.519. The van der Waals surface area contributed by atoms with Crippen molar-refractivity contribution in [2.45, 2.75) is 67.5 Å². The van der Waals surface area contributed by atoms with Gasteiger partial charge in [-0.1, -0.05) is 23.2 Å². The van der Waals surface area contributed by atoms with E-state index < -0.39 is 56.9 Å². The highest BCUT2D eigenvalue weighted by molar-refractivity contribution is 7.92. The molecule has 1 aromatic carbocycles. The molecule has 2 saturated heterocycles. The molecule has 2 aromatic rings. The van der Waals surface area contributed by atoms with Crippen LogP contribution < -0.4 is 4.74 Å². The van der Waals surface area contributed by atoms with E-state index in [0.29, 0.717) is 10.7 Å². The van der Waals surface area contributed by atoms with Crippen molar-refractivity contribution in [3.8, 4) is 5.75 Å². The van der Waals surface area contributed by atoms with E-state index in [1.165, 1.54) is 16.0 Å². The van der Waals surface area contributed by atoms with Crippen molar-refractivity contribution in [3.05, 3.63) is 52.3 Å². The molecule has 1 unspecified atom stereocenters. The molecule has 2 aliphatic rings. The lowest BCUT2D eigenvalue weighted by atomic mass is 9.75. The van der Waals surface area contributed by atoms with E-state index in [4.69, 9.17) is 27.9 Å². The molecule has 230 valence electrons. The molecule has 15 heteroatoms. The molecule has 2 aliphatic heterocycles. The number of pyridine rings is 1. The topological polar surface area (TPSA) is 106 Å². The Kier molecular flexibility index (Phi) is 8.71. The Bertz CT molecular complexity index is 1460. The first-order valence-electron chi connectivity index (χ1n) is 13.0. The standard InChI is InChI=1S/C27H30Cl2F3N3O6S/c1-16-9-19(42(38,39)21-7-6-18(10-20(21)29)40-15-27(30,31)32)12-35(16)23(36)26(22-8-5-17(28)11-33-22)13-34(14-26)24(37)41-25(2,3)4/h5-8,10-11,16,19H,9,12-15H2,1-4H3/t16-,19?/m1/s1. The number of carbonyl (C=O) groups is 2. The van der Waals surface area contributed by atoms with Gasteiger partial charge in [-0.3, -0.25) is 9.78 Å². The van der Waals surface area contributed by atoms with E-state index in [1.54, 1.807) is 39.8 Å². The fourth-order valence-electron chi connectivity index (χ4n) is 5.04. The zero-order valence-corrected chi connectivity index (χ0v) is 25.6. The number of carbonyl (C=O) groups excluding carboxylic acids is 2. The summed E-state index contributed by atoms with van der Waals surface area (Å²) in [5.41, 5.74) is -1.61. The average Bonchev–Trinajstić information content (AvgIpc) is 3.23. The molecular formula is C27H30Cl2F3N3O6S. The predicted octanol–water partition coefficient (Wildman–Crippen LogP) is 5.28. The van der Waals surface area contributed by atoms with Gasteiger partial charge >= 0.3 is 12.3 Å². The summed E-state index contributed by atoms with van der Waals surface area (Å²) in [4.78, 5) is 33.7. The van der Waals surface area contributed by atoms with Crippen LogP contribution in [0, 0.1) is 0 Å². The van der Waals surface area contributed by atoms with E-state index in [9.17, 15) is 31.2 Å². The summed E-state index contributed by atoms with van der Waals surface area (Å²) in [5, 5.41) is -0.967. The first-order valence-corrected chi connectivity index (χ1v) is 15.3. The summed E-state index contributed by atoms with van der Waals surface area (Å²) in [6.45, 7) is 5.14. The van der Waals surface area contributed by atoms with Gasteiger partial charge in [-0.25, -0.2) is 13.2 Å². The minimum absolute atomic E-state index is 0.0266. The van der Waals surface area contributed by atoms with Crippen LogP contribution in [0.3, 0.4) is 0 Å². The van der Waals surface area contributed by atoms with Crippen LogP contribution in [0.5, 0.6) is 5.75 Å². The van der Waals surface area contributed by atoms with Gasteiger partial charge in [-0.05, 0) is 58.4 Å². The smallest absolute Gasteiger partial charge is 0.422 e. The minimum atomic E-state index is -4.57. The van der Waals surface area contributed by atoms with E-state index in [2.05, 4.69) is 9.72 Å². The molecule has 2 fully saturated rings. The van der Waals surface area contributed by atoms with Gasteiger partial charge in [-0.2, -0.15) is 13.2 Å². The fourth-order valence-corrected chi connectivity index (χ4v) is 7.48. The monoisotopic (exact) mass is 651 g/mol. The van der Waals surface area contributed by atoms with E-state index in [1.807, 2.05) is 0 Å². The molecule has 2 atom stereocenters. The second-order valence-corrected chi connectivity index (χ2v) is 14.5. The molecule has 0 N–H and O–H groups in total. The van der Waals surface area contributed by atoms with Crippen molar-refractivity contribution in [2.24, 2.45) is 0 Å². The Hall–Kier alpha value is -2.77. The summed E-state index contributed by atoms with van der Waals surface area (Å²) in [6, 6.07) is 5.91. The summed E-state index contributed by atoms with van der Waals surface area (Å²) < 4.78 is 74.7. The molecule has 3 heterocycles. The SMILES string of the molecule is C[C@@H]1CC(S(=O)(=O)c2ccc(OCC(F)(F)F)cc2Cl)CN1C(=O)C1(c2ccc(Cl)cn2)CN(C(=O)OC(C)(C)C)C1. The summed E-state index contributed by atoms with van der Waals surface area (Å²) in [5.74, 6) is -0.630. The molecule has 0 radical (unpaired) electrons. The maximum Gasteiger partial charge on any atom is 0.422 e. The Morgan fingerprint density at radius 3 is 2.33 bits per heavy atom. The lowest BCUT2D eigenvalue weighted by Gasteiger charge is -2.49. The molecular weight excluding hydrogens is 622 g/mol. The Labute approximate surface area is 251 Å². The van der Waals surface area contributed by atoms with Gasteiger partial charge in [0.1, 0.15) is 16.8 Å². The molecule has 4 rings (SSSR count). The molecule has 2 amide bonds. The number of ether oxygens (including phenoxy) is 2. The number of hydrogen-bond donors (Lipinski definition) is 0. The third-order valence-electron chi connectivity index (χ3n) is 7.05. The Balaban J connectivity index is 1.56. The van der Waals surface area contributed by atoms with Crippen LogP contribution in [-0.2, 0) is 24.8 Å². The van der Waals surface area contributed by atoms with Crippen molar-refractivity contribution >= 4 is 45.0 Å². The number of nitrogens with zero attached hydrogens (tertiary/aromatic N) is 3. The zero-order valence-electron chi connectivity index (χ0n) is 23.2. The van der Waals surface area contributed by atoms with Crippen LogP contribution in [-0.4, -0.2) is 84.5 Å². The van der Waals surface area contributed by atoms with E-state index >= 15 is 0 Å². The van der Waals surface area contributed by atoms with Crippen LogP contribution in [0.4, 0.5) is 18.0 Å². The molecule has 0 bridgehead atoms. The summed E-state index contributed by atoms with van der Waals surface area (Å²) in [6.07, 6.45) is -3.67. The summed E-state index contributed by atoms with van der Waals surface area (Å²) >= 11 is 12.2. The third kappa shape index (κ3) is 6.73. The average molecular weight is 653 g/mol. The number of likely N-dealkylation sites (tertiary alicyclic amines) is 2. The molecule has 0 saturated carbocycles. The highest BCUT2D eigenvalue weighted by Gasteiger charge is 2.57. The normalized spacial score (nSPS) is 20.7. The highest BCUT2D eigenvalue weighted by atomic mass is 35.5. The number of halogens is 5. The van der Waals surface area contributed by atoms with Gasteiger partial charge in [0.05, 0.1) is 25.9 Å². The molecule has 0 spiro atoms. The van der Waals surface area contributed by atoms with Crippen LogP contribution in [0.15, 0.2) is 41.4 Å². The van der Waals surface area contributed by atoms with Crippen molar-refractivity contribution < 1.29 is 40.7 Å². The maximum atomic E-state index is 14.1. The van der Waals surface area contributed by atoms with Crippen LogP contribution in [0.1, 0.15) is 39.8 Å². The van der Waals surface area contributed by atoms with E-state index in [0.717, 1.165) is 18.2 Å². The van der Waals surface area contributed by atoms with Gasteiger partial charge in [0.2, 0.25) is 5.91 Å². The number of hydrogen-bond acceptors (Lipinski definition) is 7. The van der Waals surface area contributed by atoms with Gasteiger partial charge in [0.25, 0.3) is 0 Å². The van der Waals surface area contributed by atoms with Crippen LogP contribution >= 0.6 is 23.2 Å². The van der Waals surface area contributed by atoms with Crippen LogP contribution in [0.25, 0.3) is 0 Å². The molecule has 1 aromatic heterocycles. The van der Waals surface area contributed by atoms with Crippen molar-refractivity contribution in [3.63, 3.8) is 0 Å². The van der Waals surface area contributed by atoms with Gasteiger partial charge in [0.15, 0.2) is 16.4 Å².